The lowest BCUT2D eigenvalue weighted by atomic mass is 10.2. The highest BCUT2D eigenvalue weighted by molar-refractivity contribution is 9.10. The molecule has 0 aromatic heterocycles. The van der Waals surface area contributed by atoms with Crippen LogP contribution in [0.4, 0.5) is 0 Å². The molecule has 0 heterocycles. The highest BCUT2D eigenvalue weighted by Crippen LogP contribution is 2.26. The first-order valence-electron chi connectivity index (χ1n) is 7.63. The molecule has 0 saturated heterocycles. The molecule has 1 saturated carbocycles. The summed E-state index contributed by atoms with van der Waals surface area (Å²) in [5.74, 6) is 0.440. The second kappa shape index (κ2) is 9.20. The zero-order valence-corrected chi connectivity index (χ0v) is 15.5. The van der Waals surface area contributed by atoms with Crippen LogP contribution < -0.4 is 15.4 Å². The molecule has 1 aromatic rings. The van der Waals surface area contributed by atoms with Gasteiger partial charge in [0.25, 0.3) is 5.91 Å². The number of nitrogens with one attached hydrogen (secondary N) is 2. The normalized spacial score (nSPS) is 14.5. The second-order valence-electron chi connectivity index (χ2n) is 5.40. The Morgan fingerprint density at radius 1 is 1.35 bits per heavy atom. The molecular formula is C16H21BrN2O3S. The van der Waals surface area contributed by atoms with Crippen LogP contribution >= 0.6 is 28.1 Å². The van der Waals surface area contributed by atoms with Crippen molar-refractivity contribution in [3.05, 3.63) is 28.2 Å². The zero-order valence-electron chi connectivity index (χ0n) is 13.1. The van der Waals surface area contributed by atoms with Gasteiger partial charge in [-0.2, -0.15) is 0 Å². The number of rotatable bonds is 6. The van der Waals surface area contributed by atoms with Crippen molar-refractivity contribution in [1.29, 1.82) is 0 Å². The summed E-state index contributed by atoms with van der Waals surface area (Å²) in [6.07, 6.45) is 4.64. The fourth-order valence-corrected chi connectivity index (χ4v) is 3.21. The molecule has 23 heavy (non-hydrogen) atoms. The number of ether oxygens (including phenoxy) is 2. The van der Waals surface area contributed by atoms with Gasteiger partial charge in [-0.15, -0.1) is 0 Å². The average Bonchev–Trinajstić information content (AvgIpc) is 3.01. The van der Waals surface area contributed by atoms with E-state index in [1.807, 2.05) is 0 Å². The van der Waals surface area contributed by atoms with Crippen molar-refractivity contribution in [2.75, 3.05) is 20.3 Å². The largest absolute Gasteiger partial charge is 0.490 e. The molecule has 1 amide bonds. The molecule has 0 bridgehead atoms. The Kier molecular flexibility index (Phi) is 7.26. The fourth-order valence-electron chi connectivity index (χ4n) is 2.46. The Morgan fingerprint density at radius 3 is 2.74 bits per heavy atom. The van der Waals surface area contributed by atoms with Gasteiger partial charge < -0.3 is 14.8 Å². The number of carbonyl (C=O) groups excluding carboxylic acids is 1. The standard InChI is InChI=1S/C16H21BrN2O3S/c1-21-8-9-22-14-7-6-11(10-13(14)17)15(20)19-16(23)18-12-4-2-3-5-12/h6-7,10,12H,2-5,8-9H2,1H3,(H2,18,19,20,23). The van der Waals surface area contributed by atoms with Crippen LogP contribution in [0.15, 0.2) is 22.7 Å². The summed E-state index contributed by atoms with van der Waals surface area (Å²) in [6, 6.07) is 5.56. The Morgan fingerprint density at radius 2 is 2.09 bits per heavy atom. The third kappa shape index (κ3) is 5.75. The van der Waals surface area contributed by atoms with Gasteiger partial charge in [0, 0.05) is 18.7 Å². The maximum atomic E-state index is 12.2. The molecular weight excluding hydrogens is 380 g/mol. The van der Waals surface area contributed by atoms with Gasteiger partial charge in [0.1, 0.15) is 12.4 Å². The molecule has 0 spiro atoms. The minimum atomic E-state index is -0.232. The SMILES string of the molecule is COCCOc1ccc(C(=O)NC(=S)NC2CCCC2)cc1Br. The molecule has 1 aliphatic carbocycles. The molecule has 1 aliphatic rings. The smallest absolute Gasteiger partial charge is 0.257 e. The van der Waals surface area contributed by atoms with Gasteiger partial charge in [-0.1, -0.05) is 12.8 Å². The number of halogens is 1. The van der Waals surface area contributed by atoms with E-state index in [9.17, 15) is 4.79 Å². The zero-order chi connectivity index (χ0) is 16.7. The van der Waals surface area contributed by atoms with Crippen molar-refractivity contribution in [2.24, 2.45) is 0 Å². The maximum Gasteiger partial charge on any atom is 0.257 e. The molecule has 7 heteroatoms. The average molecular weight is 401 g/mol. The third-order valence-electron chi connectivity index (χ3n) is 3.66. The monoisotopic (exact) mass is 400 g/mol. The Balaban J connectivity index is 1.88. The van der Waals surface area contributed by atoms with Gasteiger partial charge in [0.2, 0.25) is 0 Å². The lowest BCUT2D eigenvalue weighted by Gasteiger charge is -2.15. The van der Waals surface area contributed by atoms with E-state index in [4.69, 9.17) is 21.7 Å². The van der Waals surface area contributed by atoms with Gasteiger partial charge in [-0.05, 0) is 59.2 Å². The quantitative estimate of drug-likeness (QED) is 0.567. The number of hydrogen-bond donors (Lipinski definition) is 2. The first kappa shape index (κ1) is 18.2. The highest BCUT2D eigenvalue weighted by atomic mass is 79.9. The van der Waals surface area contributed by atoms with Gasteiger partial charge in [0.15, 0.2) is 5.11 Å². The van der Waals surface area contributed by atoms with Crippen molar-refractivity contribution in [3.63, 3.8) is 0 Å². The lowest BCUT2D eigenvalue weighted by molar-refractivity contribution is 0.0976. The summed E-state index contributed by atoms with van der Waals surface area (Å²) in [5.41, 5.74) is 0.520. The molecule has 5 nitrogen and oxygen atoms in total. The molecule has 0 radical (unpaired) electrons. The first-order chi connectivity index (χ1) is 11.1. The minimum Gasteiger partial charge on any atom is -0.490 e. The van der Waals surface area contributed by atoms with Crippen LogP contribution in [0, 0.1) is 0 Å². The van der Waals surface area contributed by atoms with Gasteiger partial charge in [-0.3, -0.25) is 10.1 Å². The predicted octanol–water partition coefficient (Wildman–Crippen LogP) is 3.02. The van der Waals surface area contributed by atoms with Gasteiger partial charge in [0.05, 0.1) is 11.1 Å². The third-order valence-corrected chi connectivity index (χ3v) is 4.50. The molecule has 0 unspecified atom stereocenters. The topological polar surface area (TPSA) is 59.6 Å². The molecule has 1 aromatic carbocycles. The number of thiocarbonyl (C=S) groups is 1. The highest BCUT2D eigenvalue weighted by Gasteiger charge is 2.17. The van der Waals surface area contributed by atoms with E-state index in [1.54, 1.807) is 25.3 Å². The van der Waals surface area contributed by atoms with Crippen LogP contribution in [0.5, 0.6) is 5.75 Å². The molecule has 2 N–H and O–H groups in total. The lowest BCUT2D eigenvalue weighted by Crippen LogP contribution is -2.43. The first-order valence-corrected chi connectivity index (χ1v) is 8.83. The van der Waals surface area contributed by atoms with E-state index in [1.165, 1.54) is 12.8 Å². The van der Waals surface area contributed by atoms with Crippen LogP contribution in [-0.2, 0) is 4.74 Å². The van der Waals surface area contributed by atoms with E-state index >= 15 is 0 Å². The van der Waals surface area contributed by atoms with E-state index in [0.29, 0.717) is 35.7 Å². The summed E-state index contributed by atoms with van der Waals surface area (Å²) in [4.78, 5) is 12.2. The summed E-state index contributed by atoms with van der Waals surface area (Å²) in [5, 5.41) is 6.30. The van der Waals surface area contributed by atoms with Gasteiger partial charge in [-0.25, -0.2) is 0 Å². The van der Waals surface area contributed by atoms with E-state index < -0.39 is 0 Å². The van der Waals surface area contributed by atoms with Crippen molar-refractivity contribution in [3.8, 4) is 5.75 Å². The molecule has 2 rings (SSSR count). The summed E-state index contributed by atoms with van der Waals surface area (Å²) in [6.45, 7) is 0.964. The van der Waals surface area contributed by atoms with E-state index in [0.717, 1.165) is 17.3 Å². The van der Waals surface area contributed by atoms with Gasteiger partial charge >= 0.3 is 0 Å². The molecule has 0 aliphatic heterocycles. The van der Waals surface area contributed by atoms with Crippen LogP contribution in [0.2, 0.25) is 0 Å². The number of hydrogen-bond acceptors (Lipinski definition) is 4. The molecule has 0 atom stereocenters. The van der Waals surface area contributed by atoms with Crippen LogP contribution in [-0.4, -0.2) is 37.4 Å². The van der Waals surface area contributed by atoms with Crippen LogP contribution in [0.3, 0.4) is 0 Å². The van der Waals surface area contributed by atoms with E-state index in [2.05, 4.69) is 26.6 Å². The number of benzene rings is 1. The van der Waals surface area contributed by atoms with E-state index in [-0.39, 0.29) is 5.91 Å². The Labute approximate surface area is 150 Å². The van der Waals surface area contributed by atoms with Crippen LogP contribution in [0.25, 0.3) is 0 Å². The second-order valence-corrected chi connectivity index (χ2v) is 6.66. The Bertz CT molecular complexity index is 562. The van der Waals surface area contributed by atoms with Crippen molar-refractivity contribution in [2.45, 2.75) is 31.7 Å². The maximum absolute atomic E-state index is 12.2. The summed E-state index contributed by atoms with van der Waals surface area (Å²) >= 11 is 8.61. The molecule has 126 valence electrons. The predicted molar refractivity (Wildman–Crippen MR) is 97.0 cm³/mol. The Hall–Kier alpha value is -1.18. The van der Waals surface area contributed by atoms with Crippen molar-refractivity contribution < 1.29 is 14.3 Å². The van der Waals surface area contributed by atoms with Crippen molar-refractivity contribution in [1.82, 2.24) is 10.6 Å². The number of methoxy groups -OCH3 is 1. The summed E-state index contributed by atoms with van der Waals surface area (Å²) < 4.78 is 11.2. The molecule has 1 fully saturated rings. The fraction of sp³-hybridized carbons (Fsp3) is 0.500. The summed E-state index contributed by atoms with van der Waals surface area (Å²) in [7, 11) is 1.62. The number of carbonyl (C=O) groups is 1. The minimum absolute atomic E-state index is 0.232. The van der Waals surface area contributed by atoms with Crippen molar-refractivity contribution >= 4 is 39.2 Å². The van der Waals surface area contributed by atoms with Crippen LogP contribution in [0.1, 0.15) is 36.0 Å². The number of amides is 1.